The second-order valence-corrected chi connectivity index (χ2v) is 4.12. The number of aliphatic hydroxyl groups excluding tert-OH is 1. The molecule has 4 heteroatoms. The first-order chi connectivity index (χ1) is 9.10. The molecule has 19 heavy (non-hydrogen) atoms. The molecule has 0 heterocycles. The van der Waals surface area contributed by atoms with Crippen molar-refractivity contribution in [2.75, 3.05) is 0 Å². The van der Waals surface area contributed by atoms with Gasteiger partial charge in [0.2, 0.25) is 0 Å². The number of benzene rings is 2. The number of rotatable bonds is 3. The largest absolute Gasteiger partial charge is 0.508 e. The number of phenolic OH excluding ortho intramolecular Hbond substituents is 1. The molecule has 0 unspecified atom stereocenters. The van der Waals surface area contributed by atoms with Crippen molar-refractivity contribution < 1.29 is 20.4 Å². The summed E-state index contributed by atoms with van der Waals surface area (Å²) in [5.41, 5.74) is 1.60. The van der Waals surface area contributed by atoms with Crippen molar-refractivity contribution in [2.24, 2.45) is 0 Å². The van der Waals surface area contributed by atoms with E-state index in [4.69, 9.17) is 10.2 Å². The molecule has 0 aromatic heterocycles. The molecule has 98 valence electrons. The molecule has 0 bridgehead atoms. The highest BCUT2D eigenvalue weighted by atomic mass is 16.3. The number of phenols is 3. The number of hydrogen-bond donors (Lipinski definition) is 4. The Labute approximate surface area is 110 Å². The Morgan fingerprint density at radius 3 is 1.84 bits per heavy atom. The summed E-state index contributed by atoms with van der Waals surface area (Å²) in [5, 5.41) is 37.4. The van der Waals surface area contributed by atoms with E-state index in [1.54, 1.807) is 36.4 Å². The van der Waals surface area contributed by atoms with Crippen LogP contribution in [-0.2, 0) is 6.61 Å². The number of aromatic hydroxyl groups is 3. The molecule has 4 nitrogen and oxygen atoms in total. The fraction of sp³-hybridized carbons (Fsp3) is 0.0667. The predicted octanol–water partition coefficient (Wildman–Crippen LogP) is 2.47. The van der Waals surface area contributed by atoms with Gasteiger partial charge in [-0.2, -0.15) is 0 Å². The zero-order valence-electron chi connectivity index (χ0n) is 10.1. The van der Waals surface area contributed by atoms with Crippen LogP contribution in [-0.4, -0.2) is 20.4 Å². The standard InChI is InChI=1S/C15H14O4/c16-9-13-14(18)7-11(8-15(13)19)2-1-10-3-5-12(17)6-4-10/h1-8,16-19H,9H2/b2-1+. The fourth-order valence-corrected chi connectivity index (χ4v) is 1.70. The van der Waals surface area contributed by atoms with Gasteiger partial charge in [-0.3, -0.25) is 0 Å². The topological polar surface area (TPSA) is 80.9 Å². The summed E-state index contributed by atoms with van der Waals surface area (Å²) in [6, 6.07) is 9.55. The lowest BCUT2D eigenvalue weighted by Gasteiger charge is -2.05. The Kier molecular flexibility index (Phi) is 3.73. The van der Waals surface area contributed by atoms with Crippen LogP contribution in [0.3, 0.4) is 0 Å². The van der Waals surface area contributed by atoms with Crippen molar-refractivity contribution in [1.82, 2.24) is 0 Å². The third-order valence-electron chi connectivity index (χ3n) is 2.74. The van der Waals surface area contributed by atoms with Gasteiger partial charge in [0.15, 0.2) is 0 Å². The van der Waals surface area contributed by atoms with Crippen LogP contribution in [0.25, 0.3) is 12.2 Å². The molecular formula is C15H14O4. The molecule has 0 atom stereocenters. The first kappa shape index (κ1) is 13.0. The van der Waals surface area contributed by atoms with E-state index in [1.807, 2.05) is 0 Å². The lowest BCUT2D eigenvalue weighted by atomic mass is 10.1. The van der Waals surface area contributed by atoms with Gasteiger partial charge >= 0.3 is 0 Å². The molecule has 0 saturated carbocycles. The van der Waals surface area contributed by atoms with Crippen LogP contribution in [0.2, 0.25) is 0 Å². The van der Waals surface area contributed by atoms with Crippen LogP contribution >= 0.6 is 0 Å². The monoisotopic (exact) mass is 258 g/mol. The van der Waals surface area contributed by atoms with Crippen molar-refractivity contribution in [3.8, 4) is 17.2 Å². The molecule has 2 rings (SSSR count). The molecule has 0 aliphatic rings. The summed E-state index contributed by atoms with van der Waals surface area (Å²) in [7, 11) is 0. The molecule has 0 aliphatic heterocycles. The normalized spacial score (nSPS) is 11.0. The van der Waals surface area contributed by atoms with Crippen LogP contribution < -0.4 is 0 Å². The van der Waals surface area contributed by atoms with Crippen molar-refractivity contribution >= 4 is 12.2 Å². The van der Waals surface area contributed by atoms with E-state index < -0.39 is 6.61 Å². The Balaban J connectivity index is 2.26. The van der Waals surface area contributed by atoms with E-state index in [0.29, 0.717) is 5.56 Å². The van der Waals surface area contributed by atoms with Crippen LogP contribution in [0.4, 0.5) is 0 Å². The Morgan fingerprint density at radius 1 is 0.789 bits per heavy atom. The second-order valence-electron chi connectivity index (χ2n) is 4.12. The van der Waals surface area contributed by atoms with Crippen molar-refractivity contribution in [3.05, 3.63) is 53.1 Å². The summed E-state index contributed by atoms with van der Waals surface area (Å²) >= 11 is 0. The molecule has 0 saturated heterocycles. The van der Waals surface area contributed by atoms with Crippen molar-refractivity contribution in [1.29, 1.82) is 0 Å². The number of aliphatic hydroxyl groups is 1. The quantitative estimate of drug-likeness (QED) is 0.637. The minimum Gasteiger partial charge on any atom is -0.508 e. The number of hydrogen-bond acceptors (Lipinski definition) is 4. The zero-order valence-corrected chi connectivity index (χ0v) is 10.1. The SMILES string of the molecule is OCc1c(O)cc(/C=C/c2ccc(O)cc2)cc1O. The summed E-state index contributed by atoms with van der Waals surface area (Å²) in [6.07, 6.45) is 3.50. The smallest absolute Gasteiger partial charge is 0.125 e. The summed E-state index contributed by atoms with van der Waals surface area (Å²) in [6.45, 7) is -0.417. The van der Waals surface area contributed by atoms with E-state index in [2.05, 4.69) is 0 Å². The van der Waals surface area contributed by atoms with Crippen LogP contribution in [0.5, 0.6) is 17.2 Å². The van der Waals surface area contributed by atoms with Crippen LogP contribution in [0.15, 0.2) is 36.4 Å². The van der Waals surface area contributed by atoms with Crippen LogP contribution in [0, 0.1) is 0 Å². The van der Waals surface area contributed by atoms with E-state index in [9.17, 15) is 10.2 Å². The zero-order chi connectivity index (χ0) is 13.8. The summed E-state index contributed by atoms with van der Waals surface area (Å²) in [4.78, 5) is 0. The van der Waals surface area contributed by atoms with Crippen molar-refractivity contribution in [3.63, 3.8) is 0 Å². The average Bonchev–Trinajstić information content (AvgIpc) is 2.38. The predicted molar refractivity (Wildman–Crippen MR) is 72.7 cm³/mol. The molecule has 0 radical (unpaired) electrons. The molecule has 0 fully saturated rings. The molecule has 2 aromatic rings. The van der Waals surface area contributed by atoms with Gasteiger partial charge in [-0.15, -0.1) is 0 Å². The first-order valence-electron chi connectivity index (χ1n) is 5.73. The average molecular weight is 258 g/mol. The van der Waals surface area contributed by atoms with E-state index in [0.717, 1.165) is 5.56 Å². The third-order valence-corrected chi connectivity index (χ3v) is 2.74. The minimum atomic E-state index is -0.417. The van der Waals surface area contributed by atoms with Gasteiger partial charge < -0.3 is 20.4 Å². The molecule has 4 N–H and O–H groups in total. The molecule has 0 spiro atoms. The van der Waals surface area contributed by atoms with Gasteiger partial charge in [-0.25, -0.2) is 0 Å². The van der Waals surface area contributed by atoms with Gasteiger partial charge in [0.25, 0.3) is 0 Å². The summed E-state index contributed by atoms with van der Waals surface area (Å²) in [5.74, 6) is -0.0968. The maximum absolute atomic E-state index is 9.62. The van der Waals surface area contributed by atoms with Crippen LogP contribution in [0.1, 0.15) is 16.7 Å². The molecular weight excluding hydrogens is 244 g/mol. The second kappa shape index (κ2) is 5.46. The highest BCUT2D eigenvalue weighted by Crippen LogP contribution is 2.29. The molecule has 2 aromatic carbocycles. The van der Waals surface area contributed by atoms with Gasteiger partial charge in [-0.1, -0.05) is 24.3 Å². The lowest BCUT2D eigenvalue weighted by molar-refractivity contribution is 0.268. The van der Waals surface area contributed by atoms with Gasteiger partial charge in [-0.05, 0) is 35.4 Å². The Morgan fingerprint density at radius 2 is 1.32 bits per heavy atom. The van der Waals surface area contributed by atoms with E-state index >= 15 is 0 Å². The summed E-state index contributed by atoms with van der Waals surface area (Å²) < 4.78 is 0. The van der Waals surface area contributed by atoms with Gasteiger partial charge in [0.05, 0.1) is 12.2 Å². The van der Waals surface area contributed by atoms with Gasteiger partial charge in [0.1, 0.15) is 17.2 Å². The first-order valence-corrected chi connectivity index (χ1v) is 5.73. The Hall–Kier alpha value is -2.46. The highest BCUT2D eigenvalue weighted by molar-refractivity contribution is 5.71. The minimum absolute atomic E-state index is 0.113. The Bertz CT molecular complexity index is 577. The van der Waals surface area contributed by atoms with E-state index in [1.165, 1.54) is 12.1 Å². The fourth-order valence-electron chi connectivity index (χ4n) is 1.70. The van der Waals surface area contributed by atoms with E-state index in [-0.39, 0.29) is 22.8 Å². The maximum atomic E-state index is 9.62. The van der Waals surface area contributed by atoms with Gasteiger partial charge in [0, 0.05) is 0 Å². The lowest BCUT2D eigenvalue weighted by Crippen LogP contribution is -1.86. The maximum Gasteiger partial charge on any atom is 0.125 e. The van der Waals surface area contributed by atoms with Crippen molar-refractivity contribution in [2.45, 2.75) is 6.61 Å². The molecule has 0 aliphatic carbocycles. The highest BCUT2D eigenvalue weighted by Gasteiger charge is 2.07. The molecule has 0 amide bonds. The third kappa shape index (κ3) is 3.05.